The van der Waals surface area contributed by atoms with Crippen molar-refractivity contribution in [3.05, 3.63) is 23.7 Å². The molecule has 4 nitrogen and oxygen atoms in total. The number of nitrogens with two attached hydrogens (primary N) is 1. The summed E-state index contributed by atoms with van der Waals surface area (Å²) in [6.07, 6.45) is 5.85. The monoisotopic (exact) mass is 236 g/mol. The van der Waals surface area contributed by atoms with Gasteiger partial charge in [-0.2, -0.15) is 0 Å². The third kappa shape index (κ3) is 2.52. The van der Waals surface area contributed by atoms with Crippen LogP contribution in [-0.4, -0.2) is 29.9 Å². The number of rotatable bonds is 2. The smallest absolute Gasteiger partial charge is 0.257 e. The van der Waals surface area contributed by atoms with Gasteiger partial charge in [-0.3, -0.25) is 4.79 Å². The minimum atomic E-state index is 0.00389. The lowest BCUT2D eigenvalue weighted by molar-refractivity contribution is 0.0671. The van der Waals surface area contributed by atoms with Crippen molar-refractivity contribution >= 4 is 5.91 Å². The molecule has 2 unspecified atom stereocenters. The lowest BCUT2D eigenvalue weighted by Gasteiger charge is -2.35. The Morgan fingerprint density at radius 3 is 2.76 bits per heavy atom. The molecule has 1 heterocycles. The van der Waals surface area contributed by atoms with Crippen LogP contribution in [0.25, 0.3) is 0 Å². The van der Waals surface area contributed by atoms with Crippen LogP contribution in [0.4, 0.5) is 0 Å². The maximum atomic E-state index is 12.2. The molecule has 1 amide bonds. The molecule has 1 aliphatic rings. The molecular formula is C13H20N2O2. The summed E-state index contributed by atoms with van der Waals surface area (Å²) >= 11 is 0. The van der Waals surface area contributed by atoms with Gasteiger partial charge < -0.3 is 15.1 Å². The molecule has 0 bridgehead atoms. The Labute approximate surface area is 102 Å². The van der Waals surface area contributed by atoms with Gasteiger partial charge in [-0.25, -0.2) is 0 Å². The Balaban J connectivity index is 2.08. The van der Waals surface area contributed by atoms with Crippen molar-refractivity contribution in [2.75, 3.05) is 7.05 Å². The SMILES string of the molecule is Cc1cc(C(=O)N(C)C2CCCCC2N)co1. The Morgan fingerprint density at radius 1 is 1.47 bits per heavy atom. The molecule has 0 aliphatic heterocycles. The first-order chi connectivity index (χ1) is 8.09. The lowest BCUT2D eigenvalue weighted by Crippen LogP contribution is -2.50. The van der Waals surface area contributed by atoms with Crippen molar-refractivity contribution in [1.82, 2.24) is 4.90 Å². The highest BCUT2D eigenvalue weighted by atomic mass is 16.3. The number of carbonyl (C=O) groups is 1. The summed E-state index contributed by atoms with van der Waals surface area (Å²) in [5.41, 5.74) is 6.70. The van der Waals surface area contributed by atoms with Crippen LogP contribution in [-0.2, 0) is 0 Å². The molecule has 1 fully saturated rings. The molecule has 17 heavy (non-hydrogen) atoms. The van der Waals surface area contributed by atoms with Gasteiger partial charge in [0.25, 0.3) is 5.91 Å². The average Bonchev–Trinajstić information content (AvgIpc) is 2.75. The fourth-order valence-electron chi connectivity index (χ4n) is 2.53. The predicted octanol–water partition coefficient (Wildman–Crippen LogP) is 1.93. The normalized spacial score (nSPS) is 24.6. The molecule has 0 saturated heterocycles. The Hall–Kier alpha value is -1.29. The Bertz CT molecular complexity index is 400. The highest BCUT2D eigenvalue weighted by Crippen LogP contribution is 2.22. The minimum absolute atomic E-state index is 0.00389. The van der Waals surface area contributed by atoms with Gasteiger partial charge in [0, 0.05) is 19.1 Å². The summed E-state index contributed by atoms with van der Waals surface area (Å²) in [6, 6.07) is 2.03. The van der Waals surface area contributed by atoms with E-state index < -0.39 is 0 Å². The van der Waals surface area contributed by atoms with Gasteiger partial charge >= 0.3 is 0 Å². The number of likely N-dealkylation sites (N-methyl/N-ethyl adjacent to an activating group) is 1. The number of nitrogens with zero attached hydrogens (tertiary/aromatic N) is 1. The van der Waals surface area contributed by atoms with Crippen molar-refractivity contribution < 1.29 is 9.21 Å². The summed E-state index contributed by atoms with van der Waals surface area (Å²) in [5, 5.41) is 0. The van der Waals surface area contributed by atoms with E-state index in [1.807, 2.05) is 14.0 Å². The number of aryl methyl sites for hydroxylation is 1. The van der Waals surface area contributed by atoms with E-state index in [0.29, 0.717) is 5.56 Å². The van der Waals surface area contributed by atoms with E-state index >= 15 is 0 Å². The van der Waals surface area contributed by atoms with Crippen molar-refractivity contribution in [3.8, 4) is 0 Å². The average molecular weight is 236 g/mol. The maximum Gasteiger partial charge on any atom is 0.257 e. The van der Waals surface area contributed by atoms with Crippen LogP contribution < -0.4 is 5.73 Å². The summed E-state index contributed by atoms with van der Waals surface area (Å²) in [6.45, 7) is 1.84. The number of hydrogen-bond donors (Lipinski definition) is 1. The summed E-state index contributed by atoms with van der Waals surface area (Å²) in [5.74, 6) is 0.763. The van der Waals surface area contributed by atoms with Gasteiger partial charge in [0.2, 0.25) is 0 Å². The molecule has 1 aromatic rings. The molecular weight excluding hydrogens is 216 g/mol. The van der Waals surface area contributed by atoms with E-state index in [-0.39, 0.29) is 18.0 Å². The van der Waals surface area contributed by atoms with Gasteiger partial charge in [0.15, 0.2) is 0 Å². The molecule has 0 spiro atoms. The number of carbonyl (C=O) groups excluding carboxylic acids is 1. The van der Waals surface area contributed by atoms with Crippen molar-refractivity contribution in [2.24, 2.45) is 5.73 Å². The van der Waals surface area contributed by atoms with E-state index in [2.05, 4.69) is 0 Å². The van der Waals surface area contributed by atoms with E-state index in [9.17, 15) is 4.79 Å². The first-order valence-electron chi connectivity index (χ1n) is 6.17. The van der Waals surface area contributed by atoms with Crippen LogP contribution in [0.2, 0.25) is 0 Å². The molecule has 1 aliphatic carbocycles. The molecule has 4 heteroatoms. The van der Waals surface area contributed by atoms with Gasteiger partial charge in [0.05, 0.1) is 5.56 Å². The third-order valence-electron chi connectivity index (χ3n) is 3.58. The molecule has 0 aromatic carbocycles. The summed E-state index contributed by atoms with van der Waals surface area (Å²) in [4.78, 5) is 14.0. The first-order valence-corrected chi connectivity index (χ1v) is 6.17. The van der Waals surface area contributed by atoms with Gasteiger partial charge in [-0.15, -0.1) is 0 Å². The zero-order valence-electron chi connectivity index (χ0n) is 10.5. The largest absolute Gasteiger partial charge is 0.469 e. The lowest BCUT2D eigenvalue weighted by atomic mass is 9.90. The third-order valence-corrected chi connectivity index (χ3v) is 3.58. The zero-order valence-corrected chi connectivity index (χ0v) is 10.5. The van der Waals surface area contributed by atoms with Crippen LogP contribution in [0, 0.1) is 6.92 Å². The molecule has 2 N–H and O–H groups in total. The quantitative estimate of drug-likeness (QED) is 0.853. The minimum Gasteiger partial charge on any atom is -0.469 e. The van der Waals surface area contributed by atoms with E-state index in [1.165, 1.54) is 12.7 Å². The fraction of sp³-hybridized carbons (Fsp3) is 0.615. The van der Waals surface area contributed by atoms with Gasteiger partial charge in [-0.05, 0) is 25.8 Å². The standard InChI is InChI=1S/C13H20N2O2/c1-9-7-10(8-17-9)13(16)15(2)12-6-4-3-5-11(12)14/h7-8,11-12H,3-6,14H2,1-2H3. The number of amides is 1. The number of furan rings is 1. The van der Waals surface area contributed by atoms with Crippen LogP contribution in [0.15, 0.2) is 16.7 Å². The zero-order chi connectivity index (χ0) is 12.4. The second-order valence-corrected chi connectivity index (χ2v) is 4.88. The highest BCUT2D eigenvalue weighted by molar-refractivity contribution is 5.94. The molecule has 0 radical (unpaired) electrons. The fourth-order valence-corrected chi connectivity index (χ4v) is 2.53. The van der Waals surface area contributed by atoms with Crippen LogP contribution in [0.1, 0.15) is 41.8 Å². The predicted molar refractivity (Wildman–Crippen MR) is 65.8 cm³/mol. The van der Waals surface area contributed by atoms with E-state index in [4.69, 9.17) is 10.2 Å². The van der Waals surface area contributed by atoms with Crippen molar-refractivity contribution in [2.45, 2.75) is 44.7 Å². The van der Waals surface area contributed by atoms with Gasteiger partial charge in [-0.1, -0.05) is 12.8 Å². The van der Waals surface area contributed by atoms with Gasteiger partial charge in [0.1, 0.15) is 12.0 Å². The van der Waals surface area contributed by atoms with Crippen molar-refractivity contribution in [3.63, 3.8) is 0 Å². The molecule has 1 saturated carbocycles. The summed E-state index contributed by atoms with van der Waals surface area (Å²) in [7, 11) is 1.83. The highest BCUT2D eigenvalue weighted by Gasteiger charge is 2.29. The Kier molecular flexibility index (Phi) is 3.52. The van der Waals surface area contributed by atoms with Crippen LogP contribution >= 0.6 is 0 Å². The first kappa shape index (κ1) is 12.2. The topological polar surface area (TPSA) is 59.5 Å². The van der Waals surface area contributed by atoms with Crippen LogP contribution in [0.5, 0.6) is 0 Å². The molecule has 2 atom stereocenters. The summed E-state index contributed by atoms with van der Waals surface area (Å²) < 4.78 is 5.17. The molecule has 94 valence electrons. The van der Waals surface area contributed by atoms with Crippen molar-refractivity contribution in [1.29, 1.82) is 0 Å². The number of hydrogen-bond acceptors (Lipinski definition) is 3. The Morgan fingerprint density at radius 2 is 2.18 bits per heavy atom. The second-order valence-electron chi connectivity index (χ2n) is 4.88. The van der Waals surface area contributed by atoms with E-state index in [0.717, 1.165) is 25.0 Å². The van der Waals surface area contributed by atoms with E-state index in [1.54, 1.807) is 11.0 Å². The van der Waals surface area contributed by atoms with Crippen LogP contribution in [0.3, 0.4) is 0 Å². The second kappa shape index (κ2) is 4.92. The molecule has 1 aromatic heterocycles. The molecule has 2 rings (SSSR count). The maximum absolute atomic E-state index is 12.2.